The van der Waals surface area contributed by atoms with E-state index in [2.05, 4.69) is 5.32 Å². The number of carbonyl (C=O) groups excluding carboxylic acids is 3. The van der Waals surface area contributed by atoms with Crippen LogP contribution in [0, 0.1) is 0 Å². The Hall–Kier alpha value is -1.59. The predicted octanol–water partition coefficient (Wildman–Crippen LogP) is -1.59. The number of carbonyl (C=O) groups is 3. The summed E-state index contributed by atoms with van der Waals surface area (Å²) in [5.74, 6) is -1.03. The second-order valence-corrected chi connectivity index (χ2v) is 2.57. The third-order valence-corrected chi connectivity index (χ3v) is 1.64. The zero-order chi connectivity index (χ0) is 9.30. The van der Waals surface area contributed by atoms with E-state index in [4.69, 9.17) is 5.73 Å². The van der Waals surface area contributed by atoms with Crippen LogP contribution < -0.4 is 11.1 Å². The smallest absolute Gasteiger partial charge is 0.324 e. The van der Waals surface area contributed by atoms with Crippen LogP contribution in [-0.4, -0.2) is 35.8 Å². The Morgan fingerprint density at radius 2 is 2.25 bits per heavy atom. The maximum atomic E-state index is 11.1. The van der Waals surface area contributed by atoms with E-state index in [0.717, 1.165) is 4.90 Å². The van der Waals surface area contributed by atoms with Gasteiger partial charge in [-0.25, -0.2) is 4.79 Å². The molecule has 1 aliphatic heterocycles. The first-order valence-electron chi connectivity index (χ1n) is 3.38. The molecular formula is C6H9N3O3. The van der Waals surface area contributed by atoms with Gasteiger partial charge in [0.25, 0.3) is 5.91 Å². The lowest BCUT2D eigenvalue weighted by Gasteiger charge is -2.03. The molecule has 1 atom stereocenters. The van der Waals surface area contributed by atoms with E-state index in [0.29, 0.717) is 0 Å². The van der Waals surface area contributed by atoms with Crippen LogP contribution in [-0.2, 0) is 9.59 Å². The molecule has 12 heavy (non-hydrogen) atoms. The largest absolute Gasteiger partial charge is 0.370 e. The van der Waals surface area contributed by atoms with Crippen molar-refractivity contribution in [3.8, 4) is 0 Å². The third kappa shape index (κ3) is 1.36. The summed E-state index contributed by atoms with van der Waals surface area (Å²) in [4.78, 5) is 33.2. The van der Waals surface area contributed by atoms with Gasteiger partial charge in [0, 0.05) is 7.05 Å². The number of hydrogen-bond donors (Lipinski definition) is 2. The van der Waals surface area contributed by atoms with Crippen molar-refractivity contribution in [1.29, 1.82) is 0 Å². The summed E-state index contributed by atoms with van der Waals surface area (Å²) >= 11 is 0. The molecule has 1 fully saturated rings. The molecule has 1 saturated heterocycles. The number of primary amides is 1. The number of hydrogen-bond acceptors (Lipinski definition) is 3. The second-order valence-electron chi connectivity index (χ2n) is 2.57. The first-order chi connectivity index (χ1) is 5.52. The van der Waals surface area contributed by atoms with Crippen LogP contribution in [0.4, 0.5) is 4.79 Å². The molecule has 1 heterocycles. The van der Waals surface area contributed by atoms with E-state index in [9.17, 15) is 14.4 Å². The molecule has 0 aromatic rings. The Labute approximate surface area is 68.7 Å². The van der Waals surface area contributed by atoms with Crippen LogP contribution in [0.5, 0.6) is 0 Å². The molecule has 4 amide bonds. The molecule has 66 valence electrons. The standard InChI is InChI=1S/C6H9N3O3/c1-9-5(11)3(2-4(7)10)8-6(9)12/h3H,2H2,1H3,(H2,7,10)(H,8,12). The molecule has 1 aliphatic rings. The first kappa shape index (κ1) is 8.51. The van der Waals surface area contributed by atoms with Gasteiger partial charge in [-0.2, -0.15) is 0 Å². The van der Waals surface area contributed by atoms with Gasteiger partial charge in [-0.3, -0.25) is 14.5 Å². The molecule has 0 aliphatic carbocycles. The number of amides is 4. The summed E-state index contributed by atoms with van der Waals surface area (Å²) < 4.78 is 0. The van der Waals surface area contributed by atoms with Crippen molar-refractivity contribution in [3.05, 3.63) is 0 Å². The molecule has 3 N–H and O–H groups in total. The lowest BCUT2D eigenvalue weighted by molar-refractivity contribution is -0.129. The lowest BCUT2D eigenvalue weighted by Crippen LogP contribution is -2.33. The Bertz CT molecular complexity index is 248. The maximum Gasteiger partial charge on any atom is 0.324 e. The van der Waals surface area contributed by atoms with Crippen molar-refractivity contribution >= 4 is 17.8 Å². The molecule has 0 bridgehead atoms. The zero-order valence-electron chi connectivity index (χ0n) is 6.53. The molecule has 6 nitrogen and oxygen atoms in total. The van der Waals surface area contributed by atoms with Crippen molar-refractivity contribution in [2.45, 2.75) is 12.5 Å². The van der Waals surface area contributed by atoms with E-state index in [-0.39, 0.29) is 6.42 Å². The van der Waals surface area contributed by atoms with E-state index in [1.54, 1.807) is 0 Å². The number of urea groups is 1. The van der Waals surface area contributed by atoms with Gasteiger partial charge < -0.3 is 11.1 Å². The van der Waals surface area contributed by atoms with E-state index >= 15 is 0 Å². The highest BCUT2D eigenvalue weighted by Gasteiger charge is 2.35. The zero-order valence-corrected chi connectivity index (χ0v) is 6.53. The van der Waals surface area contributed by atoms with Crippen LogP contribution in [0.25, 0.3) is 0 Å². The molecule has 0 spiro atoms. The minimum Gasteiger partial charge on any atom is -0.370 e. The van der Waals surface area contributed by atoms with E-state index in [1.165, 1.54) is 7.05 Å². The van der Waals surface area contributed by atoms with Crippen LogP contribution >= 0.6 is 0 Å². The lowest BCUT2D eigenvalue weighted by atomic mass is 10.2. The average molecular weight is 171 g/mol. The molecule has 6 heteroatoms. The molecule has 1 unspecified atom stereocenters. The number of likely N-dealkylation sites (N-methyl/N-ethyl adjacent to an activating group) is 1. The third-order valence-electron chi connectivity index (χ3n) is 1.64. The van der Waals surface area contributed by atoms with Crippen LogP contribution in [0.3, 0.4) is 0 Å². The fourth-order valence-corrected chi connectivity index (χ4v) is 0.981. The number of imide groups is 1. The summed E-state index contributed by atoms with van der Waals surface area (Å²) in [6.45, 7) is 0. The number of nitrogens with zero attached hydrogens (tertiary/aromatic N) is 1. The number of nitrogens with one attached hydrogen (secondary N) is 1. The SMILES string of the molecule is CN1C(=O)NC(CC(N)=O)C1=O. The van der Waals surface area contributed by atoms with Crippen LogP contribution in [0.15, 0.2) is 0 Å². The summed E-state index contributed by atoms with van der Waals surface area (Å²) in [7, 11) is 1.35. The highest BCUT2D eigenvalue weighted by atomic mass is 16.2. The summed E-state index contributed by atoms with van der Waals surface area (Å²) in [6, 6.07) is -1.27. The molecule has 0 radical (unpaired) electrons. The van der Waals surface area contributed by atoms with Gasteiger partial charge >= 0.3 is 6.03 Å². The van der Waals surface area contributed by atoms with Crippen molar-refractivity contribution in [2.75, 3.05) is 7.05 Å². The monoisotopic (exact) mass is 171 g/mol. The van der Waals surface area contributed by atoms with Crippen molar-refractivity contribution < 1.29 is 14.4 Å². The van der Waals surface area contributed by atoms with E-state index < -0.39 is 23.9 Å². The summed E-state index contributed by atoms with van der Waals surface area (Å²) in [5, 5.41) is 2.32. The first-order valence-corrected chi connectivity index (χ1v) is 3.38. The van der Waals surface area contributed by atoms with Gasteiger partial charge in [-0.1, -0.05) is 0 Å². The minimum atomic E-state index is -0.778. The predicted molar refractivity (Wildman–Crippen MR) is 38.9 cm³/mol. The van der Waals surface area contributed by atoms with E-state index in [1.807, 2.05) is 0 Å². The van der Waals surface area contributed by atoms with Gasteiger partial charge in [0.1, 0.15) is 6.04 Å². The number of rotatable bonds is 2. The van der Waals surface area contributed by atoms with Crippen molar-refractivity contribution in [1.82, 2.24) is 10.2 Å². The topological polar surface area (TPSA) is 92.5 Å². The molecule has 0 aromatic heterocycles. The fourth-order valence-electron chi connectivity index (χ4n) is 0.981. The second kappa shape index (κ2) is 2.80. The fraction of sp³-hybridized carbons (Fsp3) is 0.500. The summed E-state index contributed by atoms with van der Waals surface area (Å²) in [5.41, 5.74) is 4.86. The highest BCUT2D eigenvalue weighted by molar-refractivity contribution is 6.05. The van der Waals surface area contributed by atoms with Crippen LogP contribution in [0.2, 0.25) is 0 Å². The quantitative estimate of drug-likeness (QED) is 0.490. The van der Waals surface area contributed by atoms with Gasteiger partial charge in [-0.15, -0.1) is 0 Å². The maximum absolute atomic E-state index is 11.1. The minimum absolute atomic E-state index is 0.144. The molecule has 1 rings (SSSR count). The highest BCUT2D eigenvalue weighted by Crippen LogP contribution is 2.05. The Morgan fingerprint density at radius 3 is 2.58 bits per heavy atom. The molecular weight excluding hydrogens is 162 g/mol. The van der Waals surface area contributed by atoms with Gasteiger partial charge in [0.2, 0.25) is 5.91 Å². The van der Waals surface area contributed by atoms with Gasteiger partial charge in [0.15, 0.2) is 0 Å². The van der Waals surface area contributed by atoms with Crippen molar-refractivity contribution in [2.24, 2.45) is 5.73 Å². The number of nitrogens with two attached hydrogens (primary N) is 1. The normalized spacial score (nSPS) is 22.8. The van der Waals surface area contributed by atoms with Gasteiger partial charge in [-0.05, 0) is 0 Å². The van der Waals surface area contributed by atoms with Crippen molar-refractivity contribution in [3.63, 3.8) is 0 Å². The van der Waals surface area contributed by atoms with Gasteiger partial charge in [0.05, 0.1) is 6.42 Å². The molecule has 0 aromatic carbocycles. The molecule has 0 saturated carbocycles. The Balaban J connectivity index is 2.65. The summed E-state index contributed by atoms with van der Waals surface area (Å²) in [6.07, 6.45) is -0.144. The van der Waals surface area contributed by atoms with Crippen LogP contribution in [0.1, 0.15) is 6.42 Å². The average Bonchev–Trinajstić information content (AvgIpc) is 2.17. The Morgan fingerprint density at radius 1 is 1.67 bits per heavy atom. The Kier molecular flexibility index (Phi) is 1.99.